The van der Waals surface area contributed by atoms with Crippen molar-refractivity contribution >= 4 is 15.8 Å². The highest BCUT2D eigenvalue weighted by atomic mass is 32.2. The molecule has 3 aromatic rings. The molecule has 8 heteroatoms. The quantitative estimate of drug-likeness (QED) is 0.782. The van der Waals surface area contributed by atoms with Crippen molar-refractivity contribution in [3.05, 3.63) is 54.6 Å². The van der Waals surface area contributed by atoms with E-state index in [0.29, 0.717) is 22.8 Å². The molecule has 2 N–H and O–H groups in total. The zero-order valence-electron chi connectivity index (χ0n) is 12.4. The Morgan fingerprint density at radius 3 is 2.54 bits per heavy atom. The summed E-state index contributed by atoms with van der Waals surface area (Å²) < 4.78 is 37.4. The Kier molecular flexibility index (Phi) is 3.20. The summed E-state index contributed by atoms with van der Waals surface area (Å²) in [6.07, 6.45) is 0. The number of hydrogen-bond donors (Lipinski definition) is 1. The molecule has 24 heavy (non-hydrogen) atoms. The predicted molar refractivity (Wildman–Crippen MR) is 87.2 cm³/mol. The minimum Gasteiger partial charge on any atom is -0.454 e. The molecule has 2 aromatic carbocycles. The van der Waals surface area contributed by atoms with Crippen LogP contribution in [0.3, 0.4) is 0 Å². The van der Waals surface area contributed by atoms with Crippen molar-refractivity contribution in [1.82, 2.24) is 9.19 Å². The Balaban J connectivity index is 1.87. The predicted octanol–water partition coefficient (Wildman–Crippen LogP) is 2.10. The molecule has 0 saturated heterocycles. The molecule has 122 valence electrons. The highest BCUT2D eigenvalue weighted by Crippen LogP contribution is 2.35. The van der Waals surface area contributed by atoms with Gasteiger partial charge in [0.15, 0.2) is 11.5 Å². The molecule has 0 atom stereocenters. The van der Waals surface area contributed by atoms with Gasteiger partial charge in [0.1, 0.15) is 5.82 Å². The number of fused-ring (bicyclic) bond motifs is 1. The topological polar surface area (TPSA) is 96.4 Å². The SMILES string of the molecule is Nc1cc(-c2ccccc2)n(S(=O)(=O)c2ccc3c(c2)OCO3)n1. The van der Waals surface area contributed by atoms with E-state index in [2.05, 4.69) is 5.10 Å². The monoisotopic (exact) mass is 343 g/mol. The molecule has 1 aromatic heterocycles. The van der Waals surface area contributed by atoms with Gasteiger partial charge >= 0.3 is 0 Å². The molecule has 0 bridgehead atoms. The lowest BCUT2D eigenvalue weighted by Gasteiger charge is -2.09. The first-order chi connectivity index (χ1) is 11.6. The molecular formula is C16H13N3O4S. The molecular weight excluding hydrogens is 330 g/mol. The summed E-state index contributed by atoms with van der Waals surface area (Å²) in [7, 11) is -3.93. The van der Waals surface area contributed by atoms with E-state index in [9.17, 15) is 8.42 Å². The first-order valence-corrected chi connectivity index (χ1v) is 8.56. The Bertz CT molecular complexity index is 1010. The number of benzene rings is 2. The van der Waals surface area contributed by atoms with Crippen LogP contribution in [0.5, 0.6) is 11.5 Å². The van der Waals surface area contributed by atoms with Crippen LogP contribution in [0.1, 0.15) is 0 Å². The summed E-state index contributed by atoms with van der Waals surface area (Å²) in [6.45, 7) is 0.0722. The number of anilines is 1. The van der Waals surface area contributed by atoms with Gasteiger partial charge in [-0.1, -0.05) is 30.3 Å². The van der Waals surface area contributed by atoms with Crippen LogP contribution >= 0.6 is 0 Å². The molecule has 0 spiro atoms. The first kappa shape index (κ1) is 14.6. The highest BCUT2D eigenvalue weighted by Gasteiger charge is 2.25. The molecule has 0 amide bonds. The first-order valence-electron chi connectivity index (χ1n) is 7.12. The lowest BCUT2D eigenvalue weighted by Crippen LogP contribution is -2.16. The Morgan fingerprint density at radius 1 is 1.00 bits per heavy atom. The smallest absolute Gasteiger partial charge is 0.283 e. The second-order valence-corrected chi connectivity index (χ2v) is 6.95. The average Bonchev–Trinajstić information content (AvgIpc) is 3.21. The maximum Gasteiger partial charge on any atom is 0.283 e. The van der Waals surface area contributed by atoms with Gasteiger partial charge < -0.3 is 15.2 Å². The van der Waals surface area contributed by atoms with E-state index in [1.165, 1.54) is 18.2 Å². The minimum atomic E-state index is -3.93. The van der Waals surface area contributed by atoms with Crippen LogP contribution in [0.2, 0.25) is 0 Å². The molecule has 0 unspecified atom stereocenters. The molecule has 0 saturated carbocycles. The summed E-state index contributed by atoms with van der Waals surface area (Å²) in [5.74, 6) is 1.02. The van der Waals surface area contributed by atoms with Gasteiger partial charge in [-0.15, -0.1) is 5.10 Å². The van der Waals surface area contributed by atoms with Gasteiger partial charge in [0, 0.05) is 17.7 Å². The highest BCUT2D eigenvalue weighted by molar-refractivity contribution is 7.90. The zero-order valence-corrected chi connectivity index (χ0v) is 13.2. The van der Waals surface area contributed by atoms with E-state index in [-0.39, 0.29) is 17.5 Å². The van der Waals surface area contributed by atoms with Crippen LogP contribution < -0.4 is 15.2 Å². The molecule has 1 aliphatic heterocycles. The third-order valence-electron chi connectivity index (χ3n) is 3.64. The van der Waals surface area contributed by atoms with E-state index < -0.39 is 10.0 Å². The zero-order chi connectivity index (χ0) is 16.7. The summed E-state index contributed by atoms with van der Waals surface area (Å²) in [5, 5.41) is 3.96. The van der Waals surface area contributed by atoms with E-state index in [0.717, 1.165) is 4.09 Å². The second kappa shape index (κ2) is 5.27. The summed E-state index contributed by atoms with van der Waals surface area (Å²) >= 11 is 0. The van der Waals surface area contributed by atoms with Crippen molar-refractivity contribution < 1.29 is 17.9 Å². The largest absolute Gasteiger partial charge is 0.454 e. The van der Waals surface area contributed by atoms with E-state index in [1.54, 1.807) is 18.2 Å². The third kappa shape index (κ3) is 2.28. The molecule has 7 nitrogen and oxygen atoms in total. The number of nitrogens with two attached hydrogens (primary N) is 1. The molecule has 0 fully saturated rings. The van der Waals surface area contributed by atoms with E-state index >= 15 is 0 Å². The fraction of sp³-hybridized carbons (Fsp3) is 0.0625. The van der Waals surface area contributed by atoms with Crippen LogP contribution in [0.4, 0.5) is 5.82 Å². The lowest BCUT2D eigenvalue weighted by atomic mass is 10.2. The fourth-order valence-electron chi connectivity index (χ4n) is 2.51. The molecule has 4 rings (SSSR count). The van der Waals surface area contributed by atoms with Crippen LogP contribution in [-0.4, -0.2) is 24.4 Å². The van der Waals surface area contributed by atoms with Gasteiger partial charge in [-0.2, -0.15) is 12.5 Å². The van der Waals surface area contributed by atoms with Gasteiger partial charge in [-0.05, 0) is 12.1 Å². The van der Waals surface area contributed by atoms with Crippen molar-refractivity contribution in [2.24, 2.45) is 0 Å². The average molecular weight is 343 g/mol. The van der Waals surface area contributed by atoms with Gasteiger partial charge in [0.2, 0.25) is 6.79 Å². The minimum absolute atomic E-state index is 0.0482. The normalized spacial score (nSPS) is 13.2. The molecule has 2 heterocycles. The lowest BCUT2D eigenvalue weighted by molar-refractivity contribution is 0.174. The van der Waals surface area contributed by atoms with Crippen LogP contribution in [-0.2, 0) is 10.0 Å². The number of rotatable bonds is 3. The van der Waals surface area contributed by atoms with Crippen molar-refractivity contribution in [3.8, 4) is 22.8 Å². The van der Waals surface area contributed by atoms with Gasteiger partial charge in [-0.3, -0.25) is 0 Å². The van der Waals surface area contributed by atoms with Crippen molar-refractivity contribution in [1.29, 1.82) is 0 Å². The second-order valence-electron chi connectivity index (χ2n) is 5.18. The Labute approximate surface area is 138 Å². The number of ether oxygens (including phenoxy) is 2. The third-order valence-corrected chi connectivity index (χ3v) is 5.22. The maximum absolute atomic E-state index is 13.0. The Hall–Kier alpha value is -3.00. The van der Waals surface area contributed by atoms with Crippen molar-refractivity contribution in [3.63, 3.8) is 0 Å². The van der Waals surface area contributed by atoms with Crippen LogP contribution in [0, 0.1) is 0 Å². The van der Waals surface area contributed by atoms with Gasteiger partial charge in [0.05, 0.1) is 10.6 Å². The molecule has 0 radical (unpaired) electrons. The number of aromatic nitrogens is 2. The van der Waals surface area contributed by atoms with E-state index in [1.807, 2.05) is 18.2 Å². The number of nitrogen functional groups attached to an aromatic ring is 1. The van der Waals surface area contributed by atoms with Crippen molar-refractivity contribution in [2.45, 2.75) is 4.90 Å². The van der Waals surface area contributed by atoms with Crippen LogP contribution in [0.15, 0.2) is 59.5 Å². The molecule has 0 aliphatic carbocycles. The summed E-state index contributed by atoms with van der Waals surface area (Å²) in [5.41, 5.74) is 6.83. The van der Waals surface area contributed by atoms with E-state index in [4.69, 9.17) is 15.2 Å². The van der Waals surface area contributed by atoms with Crippen molar-refractivity contribution in [2.75, 3.05) is 12.5 Å². The maximum atomic E-state index is 13.0. The molecule has 1 aliphatic rings. The fourth-order valence-corrected chi connectivity index (χ4v) is 3.82. The van der Waals surface area contributed by atoms with Gasteiger partial charge in [-0.25, -0.2) is 0 Å². The summed E-state index contributed by atoms with van der Waals surface area (Å²) in [6, 6.07) is 15.0. The number of nitrogens with zero attached hydrogens (tertiary/aromatic N) is 2. The Morgan fingerprint density at radius 2 is 1.75 bits per heavy atom. The van der Waals surface area contributed by atoms with Gasteiger partial charge in [0.25, 0.3) is 10.0 Å². The summed E-state index contributed by atoms with van der Waals surface area (Å²) in [4.78, 5) is 0.0482. The van der Waals surface area contributed by atoms with Crippen LogP contribution in [0.25, 0.3) is 11.3 Å². The number of hydrogen-bond acceptors (Lipinski definition) is 6. The standard InChI is InChI=1S/C16H13N3O4S/c17-16-9-13(11-4-2-1-3-5-11)19(18-16)24(20,21)12-6-7-14-15(8-12)23-10-22-14/h1-9H,10H2,(H2,17,18).